The van der Waals surface area contributed by atoms with E-state index in [4.69, 9.17) is 9.47 Å². The van der Waals surface area contributed by atoms with Crippen LogP contribution in [0.1, 0.15) is 75.3 Å². The molecule has 1 aliphatic rings. The molecule has 0 saturated carbocycles. The maximum absolute atomic E-state index is 14.6. The van der Waals surface area contributed by atoms with Gasteiger partial charge in [0.05, 0.1) is 25.4 Å². The minimum atomic E-state index is -0.782. The zero-order valence-electron chi connectivity index (χ0n) is 22.5. The first-order chi connectivity index (χ1) is 17.6. The number of aliphatic hydroxyl groups excluding tert-OH is 1. The number of nitrogens with one attached hydrogen (secondary N) is 1. The van der Waals surface area contributed by atoms with Gasteiger partial charge in [0.1, 0.15) is 11.6 Å². The molecule has 0 fully saturated rings. The van der Waals surface area contributed by atoms with Crippen molar-refractivity contribution in [2.45, 2.75) is 84.0 Å². The molecule has 0 amide bonds. The van der Waals surface area contributed by atoms with E-state index in [1.165, 1.54) is 17.2 Å². The van der Waals surface area contributed by atoms with Gasteiger partial charge < -0.3 is 19.9 Å². The van der Waals surface area contributed by atoms with Crippen LogP contribution >= 0.6 is 0 Å². The number of benzene rings is 2. The van der Waals surface area contributed by atoms with E-state index in [1.54, 1.807) is 6.92 Å². The van der Waals surface area contributed by atoms with Crippen molar-refractivity contribution in [3.63, 3.8) is 0 Å². The number of fused-ring (bicyclic) bond motifs is 1. The number of hydrogen-bond donors (Lipinski definition) is 2. The molecule has 3 rings (SSSR count). The van der Waals surface area contributed by atoms with Crippen molar-refractivity contribution >= 4 is 5.97 Å². The second kappa shape index (κ2) is 13.4. The fraction of sp³-hybridized carbons (Fsp3) is 0.567. The summed E-state index contributed by atoms with van der Waals surface area (Å²) < 4.78 is 39.6. The molecule has 204 valence electrons. The van der Waals surface area contributed by atoms with Gasteiger partial charge in [-0.25, -0.2) is 8.78 Å². The Hall–Kier alpha value is -2.35. The number of halogens is 2. The number of esters is 1. The smallest absolute Gasteiger partial charge is 0.306 e. The maximum Gasteiger partial charge on any atom is 0.306 e. The summed E-state index contributed by atoms with van der Waals surface area (Å²) in [5.74, 6) is -1.28. The van der Waals surface area contributed by atoms with Crippen LogP contribution in [-0.4, -0.2) is 42.5 Å². The number of ether oxygens (including phenoxy) is 2. The average Bonchev–Trinajstić information content (AvgIpc) is 3.24. The SMILES string of the molecule is CCOC(=O)CCc1c(F)cc(F)cc1[C@@H](CC)OC[C@H](O)CNC(C)(C)CC1Cc2ccccc2C1. The molecule has 2 aromatic rings. The number of aliphatic hydroxyl groups is 1. The number of carbonyl (C=O) groups is 1. The molecular weight excluding hydrogens is 476 g/mol. The lowest BCUT2D eigenvalue weighted by Gasteiger charge is -2.31. The fourth-order valence-corrected chi connectivity index (χ4v) is 5.33. The summed E-state index contributed by atoms with van der Waals surface area (Å²) in [5, 5.41) is 14.1. The van der Waals surface area contributed by atoms with Crippen LogP contribution in [0, 0.1) is 17.6 Å². The van der Waals surface area contributed by atoms with E-state index in [1.807, 2.05) is 6.92 Å². The van der Waals surface area contributed by atoms with Crippen LogP contribution in [0.4, 0.5) is 8.78 Å². The summed E-state index contributed by atoms with van der Waals surface area (Å²) in [7, 11) is 0. The van der Waals surface area contributed by atoms with Gasteiger partial charge in [0.25, 0.3) is 0 Å². The van der Waals surface area contributed by atoms with Crippen molar-refractivity contribution in [1.29, 1.82) is 0 Å². The Balaban J connectivity index is 1.53. The monoisotopic (exact) mass is 517 g/mol. The fourth-order valence-electron chi connectivity index (χ4n) is 5.33. The Morgan fingerprint density at radius 2 is 1.84 bits per heavy atom. The van der Waals surface area contributed by atoms with E-state index >= 15 is 0 Å². The van der Waals surface area contributed by atoms with Gasteiger partial charge in [0, 0.05) is 24.6 Å². The zero-order valence-corrected chi connectivity index (χ0v) is 22.5. The lowest BCUT2D eigenvalue weighted by Crippen LogP contribution is -2.45. The standard InChI is InChI=1S/C30H41F2NO4/c1-5-28(26-15-23(31)16-27(32)25(26)11-12-29(35)36-6-2)37-19-24(34)18-33-30(3,4)17-20-13-21-9-7-8-10-22(21)14-20/h7-10,15-16,20,24,28,33-34H,5-6,11-14,17-19H2,1-4H3/t24-,28-/m1/s1. The Labute approximate surface area is 219 Å². The third-order valence-corrected chi connectivity index (χ3v) is 7.04. The molecule has 0 radical (unpaired) electrons. The number of hydrogen-bond acceptors (Lipinski definition) is 5. The third kappa shape index (κ3) is 8.59. The molecule has 2 aromatic carbocycles. The average molecular weight is 518 g/mol. The Bertz CT molecular complexity index is 1020. The molecule has 37 heavy (non-hydrogen) atoms. The second-order valence-electron chi connectivity index (χ2n) is 10.7. The van der Waals surface area contributed by atoms with E-state index < -0.39 is 29.8 Å². The van der Waals surface area contributed by atoms with Crippen LogP contribution in [-0.2, 0) is 33.5 Å². The highest BCUT2D eigenvalue weighted by Crippen LogP contribution is 2.32. The molecule has 2 atom stereocenters. The third-order valence-electron chi connectivity index (χ3n) is 7.04. The van der Waals surface area contributed by atoms with Crippen LogP contribution in [0.25, 0.3) is 0 Å². The molecule has 0 bridgehead atoms. The first-order valence-electron chi connectivity index (χ1n) is 13.4. The maximum atomic E-state index is 14.6. The van der Waals surface area contributed by atoms with Crippen LogP contribution in [0.2, 0.25) is 0 Å². The molecule has 0 spiro atoms. The lowest BCUT2D eigenvalue weighted by atomic mass is 9.88. The molecule has 1 aliphatic carbocycles. The molecule has 7 heteroatoms. The van der Waals surface area contributed by atoms with Crippen LogP contribution in [0.3, 0.4) is 0 Å². The van der Waals surface area contributed by atoms with E-state index in [9.17, 15) is 18.7 Å². The highest BCUT2D eigenvalue weighted by atomic mass is 19.1. The van der Waals surface area contributed by atoms with Gasteiger partial charge in [-0.05, 0) is 87.1 Å². The van der Waals surface area contributed by atoms with Crippen molar-refractivity contribution in [2.75, 3.05) is 19.8 Å². The summed E-state index contributed by atoms with van der Waals surface area (Å²) in [6.07, 6.45) is 2.29. The summed E-state index contributed by atoms with van der Waals surface area (Å²) >= 11 is 0. The van der Waals surface area contributed by atoms with Crippen molar-refractivity contribution < 1.29 is 28.2 Å². The quantitative estimate of drug-likeness (QED) is 0.326. The first kappa shape index (κ1) is 29.2. The predicted molar refractivity (Wildman–Crippen MR) is 140 cm³/mol. The van der Waals surface area contributed by atoms with Crippen molar-refractivity contribution in [3.8, 4) is 0 Å². The zero-order chi connectivity index (χ0) is 27.0. The summed E-state index contributed by atoms with van der Waals surface area (Å²) in [4.78, 5) is 11.8. The topological polar surface area (TPSA) is 67.8 Å². The van der Waals surface area contributed by atoms with Gasteiger partial charge in [-0.15, -0.1) is 0 Å². The van der Waals surface area contributed by atoms with Crippen LogP contribution < -0.4 is 5.32 Å². The number of carbonyl (C=O) groups excluding carboxylic acids is 1. The molecule has 0 unspecified atom stereocenters. The van der Waals surface area contributed by atoms with E-state index in [0.29, 0.717) is 24.4 Å². The van der Waals surface area contributed by atoms with Gasteiger partial charge in [-0.2, -0.15) is 0 Å². The van der Waals surface area contributed by atoms with Gasteiger partial charge in [0.2, 0.25) is 0 Å². The molecule has 0 aliphatic heterocycles. The van der Waals surface area contributed by atoms with Crippen molar-refractivity contribution in [3.05, 3.63) is 70.3 Å². The first-order valence-corrected chi connectivity index (χ1v) is 13.4. The van der Waals surface area contributed by atoms with Gasteiger partial charge in [-0.3, -0.25) is 4.79 Å². The van der Waals surface area contributed by atoms with Gasteiger partial charge >= 0.3 is 5.97 Å². The minimum Gasteiger partial charge on any atom is -0.466 e. The summed E-state index contributed by atoms with van der Waals surface area (Å²) in [6.45, 7) is 8.46. The minimum absolute atomic E-state index is 0.00642. The summed E-state index contributed by atoms with van der Waals surface area (Å²) in [5.41, 5.74) is 3.30. The van der Waals surface area contributed by atoms with E-state index in [2.05, 4.69) is 43.4 Å². The largest absolute Gasteiger partial charge is 0.466 e. The Kier molecular flexibility index (Phi) is 10.6. The number of rotatable bonds is 14. The number of β-amino-alcohol motifs (C(OH)–C–C–N with tert-alkyl or cyclic N) is 1. The highest BCUT2D eigenvalue weighted by molar-refractivity contribution is 5.69. The summed E-state index contributed by atoms with van der Waals surface area (Å²) in [6, 6.07) is 10.7. The normalized spacial score (nSPS) is 15.4. The molecule has 2 N–H and O–H groups in total. The Morgan fingerprint density at radius 1 is 1.16 bits per heavy atom. The highest BCUT2D eigenvalue weighted by Gasteiger charge is 2.28. The van der Waals surface area contributed by atoms with Crippen molar-refractivity contribution in [1.82, 2.24) is 5.32 Å². The van der Waals surface area contributed by atoms with Gasteiger partial charge in [0.15, 0.2) is 0 Å². The van der Waals surface area contributed by atoms with E-state index in [0.717, 1.165) is 25.3 Å². The lowest BCUT2D eigenvalue weighted by molar-refractivity contribution is -0.143. The molecule has 5 nitrogen and oxygen atoms in total. The molecule has 0 heterocycles. The molecule has 0 saturated heterocycles. The van der Waals surface area contributed by atoms with Crippen LogP contribution in [0.15, 0.2) is 36.4 Å². The molecule has 0 aromatic heterocycles. The van der Waals surface area contributed by atoms with E-state index in [-0.39, 0.29) is 37.2 Å². The predicted octanol–water partition coefficient (Wildman–Crippen LogP) is 5.46. The van der Waals surface area contributed by atoms with Gasteiger partial charge in [-0.1, -0.05) is 31.2 Å². The molecular formula is C30H41F2NO4. The van der Waals surface area contributed by atoms with Crippen LogP contribution in [0.5, 0.6) is 0 Å². The van der Waals surface area contributed by atoms with Crippen molar-refractivity contribution in [2.24, 2.45) is 5.92 Å². The second-order valence-corrected chi connectivity index (χ2v) is 10.7. The Morgan fingerprint density at radius 3 is 2.46 bits per heavy atom.